The van der Waals surface area contributed by atoms with Crippen molar-refractivity contribution in [2.24, 2.45) is 0 Å². The first-order chi connectivity index (χ1) is 17.8. The van der Waals surface area contributed by atoms with Gasteiger partial charge in [0.15, 0.2) is 11.5 Å². The Morgan fingerprint density at radius 1 is 1.08 bits per heavy atom. The number of amides is 3. The number of nitro groups is 1. The number of hydrogen-bond donors (Lipinski definition) is 0. The smallest absolute Gasteiger partial charge is 0.343 e. The maximum atomic E-state index is 12.8. The molecule has 2 saturated heterocycles. The first kappa shape index (κ1) is 25.9. The van der Waals surface area contributed by atoms with Crippen LogP contribution in [0.5, 0.6) is 11.5 Å². The number of methoxy groups -OCH3 is 1. The van der Waals surface area contributed by atoms with Crippen molar-refractivity contribution < 1.29 is 33.6 Å². The van der Waals surface area contributed by atoms with Gasteiger partial charge in [-0.1, -0.05) is 12.1 Å². The zero-order chi connectivity index (χ0) is 26.5. The SMILES string of the molecule is COc1cc(/C=C2\SC(=O)N(CC(=O)N3CCCCC3)C2=O)ccc1OC(=O)c1cccc([N+](=O)[O-])c1. The van der Waals surface area contributed by atoms with Crippen molar-refractivity contribution in [3.63, 3.8) is 0 Å². The van der Waals surface area contributed by atoms with Crippen LogP contribution < -0.4 is 9.47 Å². The molecule has 2 aliphatic rings. The third kappa shape index (κ3) is 5.97. The lowest BCUT2D eigenvalue weighted by molar-refractivity contribution is -0.384. The van der Waals surface area contributed by atoms with Crippen molar-refractivity contribution in [1.82, 2.24) is 9.80 Å². The first-order valence-corrected chi connectivity index (χ1v) is 12.3. The highest BCUT2D eigenvalue weighted by atomic mass is 32.2. The van der Waals surface area contributed by atoms with Crippen LogP contribution in [-0.2, 0) is 9.59 Å². The number of carbonyl (C=O) groups is 4. The molecule has 0 bridgehead atoms. The average Bonchev–Trinajstić information content (AvgIpc) is 3.17. The van der Waals surface area contributed by atoms with Crippen molar-refractivity contribution in [2.45, 2.75) is 19.3 Å². The van der Waals surface area contributed by atoms with Crippen molar-refractivity contribution >= 4 is 46.5 Å². The molecule has 3 amide bonds. The number of non-ortho nitro benzene ring substituents is 1. The second-order valence-electron chi connectivity index (χ2n) is 8.32. The number of ether oxygens (including phenoxy) is 2. The van der Waals surface area contributed by atoms with Crippen LogP contribution in [0.15, 0.2) is 47.4 Å². The Hall–Kier alpha value is -4.19. The molecule has 0 saturated carbocycles. The predicted octanol–water partition coefficient (Wildman–Crippen LogP) is 3.87. The number of nitrogens with zero attached hydrogens (tertiary/aromatic N) is 3. The molecule has 2 heterocycles. The van der Waals surface area contributed by atoms with E-state index in [9.17, 15) is 29.3 Å². The molecule has 37 heavy (non-hydrogen) atoms. The number of rotatable bonds is 7. The summed E-state index contributed by atoms with van der Waals surface area (Å²) in [7, 11) is 1.36. The van der Waals surface area contributed by atoms with Gasteiger partial charge in [0, 0.05) is 25.2 Å². The van der Waals surface area contributed by atoms with Crippen LogP contribution in [-0.4, -0.2) is 64.5 Å². The van der Waals surface area contributed by atoms with Gasteiger partial charge in [-0.25, -0.2) is 4.79 Å². The Bertz CT molecular complexity index is 1300. The van der Waals surface area contributed by atoms with Gasteiger partial charge in [0.25, 0.3) is 16.8 Å². The maximum Gasteiger partial charge on any atom is 0.343 e. The van der Waals surface area contributed by atoms with Crippen LogP contribution >= 0.6 is 11.8 Å². The number of piperidine rings is 1. The number of esters is 1. The molecule has 2 aromatic rings. The Labute approximate surface area is 216 Å². The summed E-state index contributed by atoms with van der Waals surface area (Å²) in [5, 5.41) is 10.4. The summed E-state index contributed by atoms with van der Waals surface area (Å²) in [4.78, 5) is 63.4. The minimum atomic E-state index is -0.811. The molecular formula is C25H23N3O8S. The van der Waals surface area contributed by atoms with E-state index in [1.165, 1.54) is 43.5 Å². The molecule has 0 radical (unpaired) electrons. The van der Waals surface area contributed by atoms with Crippen molar-refractivity contribution in [3.05, 3.63) is 68.6 Å². The molecule has 4 rings (SSSR count). The molecular weight excluding hydrogens is 502 g/mol. The van der Waals surface area contributed by atoms with Gasteiger partial charge in [0.05, 0.1) is 22.5 Å². The number of carbonyl (C=O) groups excluding carboxylic acids is 4. The van der Waals surface area contributed by atoms with Crippen LogP contribution in [0.1, 0.15) is 35.2 Å². The van der Waals surface area contributed by atoms with E-state index in [-0.39, 0.29) is 40.1 Å². The summed E-state index contributed by atoms with van der Waals surface area (Å²) in [6.45, 7) is 0.962. The fourth-order valence-corrected chi connectivity index (χ4v) is 4.77. The highest BCUT2D eigenvalue weighted by molar-refractivity contribution is 8.18. The van der Waals surface area contributed by atoms with Crippen LogP contribution in [0.2, 0.25) is 0 Å². The van der Waals surface area contributed by atoms with Crippen molar-refractivity contribution in [1.29, 1.82) is 0 Å². The van der Waals surface area contributed by atoms with E-state index in [0.29, 0.717) is 18.7 Å². The molecule has 0 spiro atoms. The topological polar surface area (TPSA) is 136 Å². The van der Waals surface area contributed by atoms with E-state index in [2.05, 4.69) is 0 Å². The molecule has 0 aliphatic carbocycles. The molecule has 192 valence electrons. The van der Waals surface area contributed by atoms with Gasteiger partial charge in [0.1, 0.15) is 6.54 Å². The summed E-state index contributed by atoms with van der Waals surface area (Å²) in [5.74, 6) is -1.38. The zero-order valence-electron chi connectivity index (χ0n) is 19.9. The monoisotopic (exact) mass is 525 g/mol. The maximum absolute atomic E-state index is 12.8. The lowest BCUT2D eigenvalue weighted by Gasteiger charge is -2.27. The average molecular weight is 526 g/mol. The van der Waals surface area contributed by atoms with Crippen molar-refractivity contribution in [3.8, 4) is 11.5 Å². The highest BCUT2D eigenvalue weighted by Gasteiger charge is 2.37. The van der Waals surface area contributed by atoms with Gasteiger partial charge < -0.3 is 14.4 Å². The number of imide groups is 1. The fourth-order valence-electron chi connectivity index (χ4n) is 3.93. The Morgan fingerprint density at radius 3 is 2.54 bits per heavy atom. The molecule has 0 atom stereocenters. The third-order valence-electron chi connectivity index (χ3n) is 5.86. The minimum absolute atomic E-state index is 0.00639. The summed E-state index contributed by atoms with van der Waals surface area (Å²) < 4.78 is 10.7. The second-order valence-corrected chi connectivity index (χ2v) is 9.31. The Kier molecular flexibility index (Phi) is 7.87. The molecule has 2 fully saturated rings. The fraction of sp³-hybridized carbons (Fsp3) is 0.280. The number of nitro benzene ring substituents is 1. The second kappa shape index (κ2) is 11.2. The van der Waals surface area contributed by atoms with Gasteiger partial charge in [-0.3, -0.25) is 29.4 Å². The summed E-state index contributed by atoms with van der Waals surface area (Å²) >= 11 is 0.741. The van der Waals surface area contributed by atoms with E-state index >= 15 is 0 Å². The normalized spacial score (nSPS) is 16.7. The largest absolute Gasteiger partial charge is 0.493 e. The van der Waals surface area contributed by atoms with E-state index in [1.807, 2.05) is 0 Å². The highest BCUT2D eigenvalue weighted by Crippen LogP contribution is 2.35. The Balaban J connectivity index is 1.47. The first-order valence-electron chi connectivity index (χ1n) is 11.4. The van der Waals surface area contributed by atoms with E-state index < -0.39 is 22.0 Å². The molecule has 0 unspecified atom stereocenters. The molecule has 0 aromatic heterocycles. The Morgan fingerprint density at radius 2 is 1.84 bits per heavy atom. The quantitative estimate of drug-likeness (QED) is 0.173. The van der Waals surface area contributed by atoms with Gasteiger partial charge in [0.2, 0.25) is 5.91 Å². The summed E-state index contributed by atoms with van der Waals surface area (Å²) in [6.07, 6.45) is 4.37. The predicted molar refractivity (Wildman–Crippen MR) is 134 cm³/mol. The van der Waals surface area contributed by atoms with E-state index in [4.69, 9.17) is 9.47 Å². The molecule has 12 heteroatoms. The van der Waals surface area contributed by atoms with Gasteiger partial charge in [-0.2, -0.15) is 0 Å². The van der Waals surface area contributed by atoms with Gasteiger partial charge in [-0.15, -0.1) is 0 Å². The van der Waals surface area contributed by atoms with Crippen LogP contribution in [0, 0.1) is 10.1 Å². The number of benzene rings is 2. The molecule has 2 aromatic carbocycles. The van der Waals surface area contributed by atoms with Crippen molar-refractivity contribution in [2.75, 3.05) is 26.7 Å². The summed E-state index contributed by atoms with van der Waals surface area (Å²) in [6, 6.07) is 9.66. The minimum Gasteiger partial charge on any atom is -0.493 e. The number of likely N-dealkylation sites (tertiary alicyclic amines) is 1. The lowest BCUT2D eigenvalue weighted by Crippen LogP contribution is -2.44. The number of hydrogen-bond acceptors (Lipinski definition) is 9. The zero-order valence-corrected chi connectivity index (χ0v) is 20.7. The van der Waals surface area contributed by atoms with Gasteiger partial charge >= 0.3 is 5.97 Å². The molecule has 2 aliphatic heterocycles. The van der Waals surface area contributed by atoms with E-state index in [1.54, 1.807) is 11.0 Å². The van der Waals surface area contributed by atoms with Crippen LogP contribution in [0.25, 0.3) is 6.08 Å². The summed E-state index contributed by atoms with van der Waals surface area (Å²) in [5.41, 5.74) is 0.247. The molecule has 0 N–H and O–H groups in total. The van der Waals surface area contributed by atoms with Crippen LogP contribution in [0.3, 0.4) is 0 Å². The molecule has 11 nitrogen and oxygen atoms in total. The van der Waals surface area contributed by atoms with E-state index in [0.717, 1.165) is 42.0 Å². The number of thioether (sulfide) groups is 1. The third-order valence-corrected chi connectivity index (χ3v) is 6.76. The van der Waals surface area contributed by atoms with Crippen LogP contribution in [0.4, 0.5) is 10.5 Å². The van der Waals surface area contributed by atoms with Gasteiger partial charge in [-0.05, 0) is 60.9 Å². The lowest BCUT2D eigenvalue weighted by atomic mass is 10.1. The standard InChI is InChI=1S/C25H23N3O8S/c1-35-20-12-16(8-9-19(20)36-24(31)17-6-5-7-18(14-17)28(33)34)13-21-23(30)27(25(32)37-21)15-22(29)26-10-3-2-4-11-26/h5-9,12-14H,2-4,10-11,15H2,1H3/b21-13-.